The van der Waals surface area contributed by atoms with Gasteiger partial charge in [0.25, 0.3) is 5.91 Å². The van der Waals surface area contributed by atoms with Crippen molar-refractivity contribution < 1.29 is 18.8 Å². The molecule has 1 aliphatic heterocycles. The number of hydrogen-bond donors (Lipinski definition) is 1. The molecule has 1 aromatic carbocycles. The lowest BCUT2D eigenvalue weighted by molar-refractivity contribution is -0.116. The molecule has 144 valence electrons. The zero-order valence-corrected chi connectivity index (χ0v) is 15.6. The molecule has 2 amide bonds. The molecule has 1 saturated heterocycles. The van der Waals surface area contributed by atoms with Crippen LogP contribution in [0.4, 0.5) is 11.4 Å². The fraction of sp³-hybridized carbons (Fsp3) is 0.421. The molecule has 0 aliphatic carbocycles. The summed E-state index contributed by atoms with van der Waals surface area (Å²) in [6.07, 6.45) is 0. The molecular weight excluding hydrogens is 348 g/mol. The van der Waals surface area contributed by atoms with Gasteiger partial charge in [0, 0.05) is 37.1 Å². The summed E-state index contributed by atoms with van der Waals surface area (Å²) in [5.41, 5.74) is 2.41. The van der Waals surface area contributed by atoms with E-state index < -0.39 is 0 Å². The molecule has 1 aliphatic rings. The highest BCUT2D eigenvalue weighted by Crippen LogP contribution is 2.19. The van der Waals surface area contributed by atoms with Gasteiger partial charge in [-0.2, -0.15) is 0 Å². The smallest absolute Gasteiger partial charge is 0.292 e. The number of aromatic nitrogens is 1. The number of rotatable bonds is 6. The molecule has 2 aromatic rings. The Balaban J connectivity index is 1.56. The van der Waals surface area contributed by atoms with Crippen molar-refractivity contribution in [2.45, 2.75) is 13.8 Å². The van der Waals surface area contributed by atoms with Crippen LogP contribution in [-0.4, -0.2) is 61.3 Å². The molecule has 0 radical (unpaired) electrons. The summed E-state index contributed by atoms with van der Waals surface area (Å²) in [5, 5.41) is 6.54. The number of anilines is 2. The van der Waals surface area contributed by atoms with Crippen LogP contribution in [0.25, 0.3) is 0 Å². The standard InChI is InChI=1S/C19H24N4O4/c1-3-22(19(25)17-12-14(2)21-27-17)13-18(24)20-15-4-6-16(7-5-15)23-8-10-26-11-9-23/h4-7,12H,3,8-11,13H2,1-2H3,(H,20,24). The van der Waals surface area contributed by atoms with Gasteiger partial charge in [0.1, 0.15) is 6.54 Å². The van der Waals surface area contributed by atoms with Gasteiger partial charge < -0.3 is 24.4 Å². The first-order valence-corrected chi connectivity index (χ1v) is 9.02. The quantitative estimate of drug-likeness (QED) is 0.834. The molecule has 0 saturated carbocycles. The van der Waals surface area contributed by atoms with E-state index in [9.17, 15) is 9.59 Å². The van der Waals surface area contributed by atoms with Crippen molar-refractivity contribution in [3.63, 3.8) is 0 Å². The van der Waals surface area contributed by atoms with Gasteiger partial charge in [-0.15, -0.1) is 0 Å². The predicted octanol–water partition coefficient (Wildman–Crippen LogP) is 1.92. The van der Waals surface area contributed by atoms with E-state index in [2.05, 4.69) is 15.4 Å². The minimum Gasteiger partial charge on any atom is -0.378 e. The number of carbonyl (C=O) groups is 2. The van der Waals surface area contributed by atoms with Crippen LogP contribution in [0.2, 0.25) is 0 Å². The molecule has 1 fully saturated rings. The number of ether oxygens (including phenoxy) is 1. The van der Waals surface area contributed by atoms with Gasteiger partial charge in [-0.1, -0.05) is 5.16 Å². The largest absolute Gasteiger partial charge is 0.378 e. The van der Waals surface area contributed by atoms with Gasteiger partial charge in [-0.05, 0) is 38.1 Å². The van der Waals surface area contributed by atoms with Crippen molar-refractivity contribution in [2.75, 3.05) is 49.6 Å². The van der Waals surface area contributed by atoms with Gasteiger partial charge in [0.05, 0.1) is 18.9 Å². The molecule has 3 rings (SSSR count). The molecule has 1 aromatic heterocycles. The van der Waals surface area contributed by atoms with E-state index in [1.807, 2.05) is 31.2 Å². The third-order valence-electron chi connectivity index (χ3n) is 4.37. The minimum absolute atomic E-state index is 0.0553. The van der Waals surface area contributed by atoms with Gasteiger partial charge in [-0.3, -0.25) is 9.59 Å². The third-order valence-corrected chi connectivity index (χ3v) is 4.37. The first kappa shape index (κ1) is 18.9. The Labute approximate surface area is 158 Å². The number of benzene rings is 1. The van der Waals surface area contributed by atoms with E-state index in [0.717, 1.165) is 32.0 Å². The number of nitrogens with zero attached hydrogens (tertiary/aromatic N) is 3. The highest BCUT2D eigenvalue weighted by Gasteiger charge is 2.21. The van der Waals surface area contributed by atoms with E-state index in [-0.39, 0.29) is 24.1 Å². The topological polar surface area (TPSA) is 87.9 Å². The van der Waals surface area contributed by atoms with Crippen LogP contribution in [-0.2, 0) is 9.53 Å². The second-order valence-electron chi connectivity index (χ2n) is 6.35. The number of carbonyl (C=O) groups excluding carboxylic acids is 2. The summed E-state index contributed by atoms with van der Waals surface area (Å²) in [6, 6.07) is 9.23. The minimum atomic E-state index is -0.351. The highest BCUT2D eigenvalue weighted by atomic mass is 16.5. The van der Waals surface area contributed by atoms with Crippen LogP contribution in [0.5, 0.6) is 0 Å². The lowest BCUT2D eigenvalue weighted by Crippen LogP contribution is -2.37. The molecule has 0 spiro atoms. The summed E-state index contributed by atoms with van der Waals surface area (Å²) in [5.74, 6) is -0.478. The second-order valence-corrected chi connectivity index (χ2v) is 6.35. The van der Waals surface area contributed by atoms with Crippen LogP contribution >= 0.6 is 0 Å². The van der Waals surface area contributed by atoms with Crippen molar-refractivity contribution >= 4 is 23.2 Å². The number of amides is 2. The number of hydrogen-bond acceptors (Lipinski definition) is 6. The predicted molar refractivity (Wildman–Crippen MR) is 101 cm³/mol. The molecular formula is C19H24N4O4. The van der Waals surface area contributed by atoms with Crippen molar-refractivity contribution in [2.24, 2.45) is 0 Å². The molecule has 0 atom stereocenters. The van der Waals surface area contributed by atoms with E-state index in [0.29, 0.717) is 17.9 Å². The molecule has 0 unspecified atom stereocenters. The van der Waals surface area contributed by atoms with Gasteiger partial charge in [0.2, 0.25) is 11.7 Å². The van der Waals surface area contributed by atoms with Crippen LogP contribution in [0.1, 0.15) is 23.2 Å². The Morgan fingerprint density at radius 2 is 1.93 bits per heavy atom. The molecule has 27 heavy (non-hydrogen) atoms. The maximum atomic E-state index is 12.4. The number of morpholine rings is 1. The van der Waals surface area contributed by atoms with Gasteiger partial charge in [-0.25, -0.2) is 0 Å². The Kier molecular flexibility index (Phi) is 6.08. The molecule has 0 bridgehead atoms. The average molecular weight is 372 g/mol. The maximum absolute atomic E-state index is 12.4. The summed E-state index contributed by atoms with van der Waals surface area (Å²) >= 11 is 0. The summed E-state index contributed by atoms with van der Waals surface area (Å²) in [7, 11) is 0. The number of nitrogens with one attached hydrogen (secondary N) is 1. The Hall–Kier alpha value is -2.87. The van der Waals surface area contributed by atoms with E-state index in [1.54, 1.807) is 13.0 Å². The molecule has 8 heteroatoms. The summed E-state index contributed by atoms with van der Waals surface area (Å²) in [6.45, 7) is 7.06. The van der Waals surface area contributed by atoms with E-state index in [4.69, 9.17) is 9.26 Å². The maximum Gasteiger partial charge on any atom is 0.292 e. The van der Waals surface area contributed by atoms with Crippen molar-refractivity contribution in [3.05, 3.63) is 41.8 Å². The zero-order chi connectivity index (χ0) is 19.2. The highest BCUT2D eigenvalue weighted by molar-refractivity contribution is 5.98. The Morgan fingerprint density at radius 1 is 1.22 bits per heavy atom. The Bertz CT molecular complexity index is 781. The normalized spacial score (nSPS) is 14.1. The molecule has 2 heterocycles. The first-order valence-electron chi connectivity index (χ1n) is 9.02. The fourth-order valence-corrected chi connectivity index (χ4v) is 2.90. The van der Waals surface area contributed by atoms with E-state index in [1.165, 1.54) is 4.90 Å². The van der Waals surface area contributed by atoms with Gasteiger partial charge in [0.15, 0.2) is 0 Å². The van der Waals surface area contributed by atoms with Crippen LogP contribution in [0, 0.1) is 6.92 Å². The van der Waals surface area contributed by atoms with Crippen LogP contribution in [0.3, 0.4) is 0 Å². The number of likely N-dealkylation sites (N-methyl/N-ethyl adjacent to an activating group) is 1. The fourth-order valence-electron chi connectivity index (χ4n) is 2.90. The van der Waals surface area contributed by atoms with Crippen LogP contribution < -0.4 is 10.2 Å². The molecule has 8 nitrogen and oxygen atoms in total. The van der Waals surface area contributed by atoms with Crippen molar-refractivity contribution in [1.29, 1.82) is 0 Å². The molecule has 1 N–H and O–H groups in total. The van der Waals surface area contributed by atoms with Crippen LogP contribution in [0.15, 0.2) is 34.9 Å². The Morgan fingerprint density at radius 3 is 2.52 bits per heavy atom. The van der Waals surface area contributed by atoms with Gasteiger partial charge >= 0.3 is 0 Å². The first-order chi connectivity index (χ1) is 13.1. The number of aryl methyl sites for hydroxylation is 1. The van der Waals surface area contributed by atoms with E-state index >= 15 is 0 Å². The average Bonchev–Trinajstić information content (AvgIpc) is 3.13. The zero-order valence-electron chi connectivity index (χ0n) is 15.6. The summed E-state index contributed by atoms with van der Waals surface area (Å²) in [4.78, 5) is 28.4. The summed E-state index contributed by atoms with van der Waals surface area (Å²) < 4.78 is 10.3. The monoisotopic (exact) mass is 372 g/mol. The van der Waals surface area contributed by atoms with Crippen molar-refractivity contribution in [3.8, 4) is 0 Å². The SMILES string of the molecule is CCN(CC(=O)Nc1ccc(N2CCOCC2)cc1)C(=O)c1cc(C)no1. The van der Waals surface area contributed by atoms with Crippen molar-refractivity contribution in [1.82, 2.24) is 10.1 Å². The lowest BCUT2D eigenvalue weighted by Gasteiger charge is -2.29. The lowest BCUT2D eigenvalue weighted by atomic mass is 10.2. The second kappa shape index (κ2) is 8.68. The third kappa shape index (κ3) is 4.85.